The van der Waals surface area contributed by atoms with Crippen LogP contribution in [0.2, 0.25) is 0 Å². The third-order valence-corrected chi connectivity index (χ3v) is 2.64. The van der Waals surface area contributed by atoms with Crippen LogP contribution in [0.4, 0.5) is 14.7 Å². The van der Waals surface area contributed by atoms with E-state index in [2.05, 4.69) is 10.3 Å². The lowest BCUT2D eigenvalue weighted by Crippen LogP contribution is -2.19. The standard InChI is InChI=1S/C11H12F2N4O/c1-15-9(18)2-3-17-8-5-6(12)4-7(13)10(8)16-11(17)14/h4-5H,2-3H2,1H3,(H2,14,16)(H,15,18). The van der Waals surface area contributed by atoms with Crippen LogP contribution in [0.1, 0.15) is 6.42 Å². The number of aryl methyl sites for hydroxylation is 1. The lowest BCUT2D eigenvalue weighted by atomic mass is 10.3. The number of nitrogens with one attached hydrogen (secondary N) is 1. The molecular weight excluding hydrogens is 242 g/mol. The Labute approximate surface area is 102 Å². The van der Waals surface area contributed by atoms with Crippen LogP contribution < -0.4 is 11.1 Å². The molecule has 0 aliphatic heterocycles. The summed E-state index contributed by atoms with van der Waals surface area (Å²) in [4.78, 5) is 15.0. The van der Waals surface area contributed by atoms with Gasteiger partial charge in [0.25, 0.3) is 0 Å². The minimum absolute atomic E-state index is 0.00538. The summed E-state index contributed by atoms with van der Waals surface area (Å²) in [5.74, 6) is -1.61. The smallest absolute Gasteiger partial charge is 0.221 e. The summed E-state index contributed by atoms with van der Waals surface area (Å²) in [6.07, 6.45) is 0.157. The molecule has 0 saturated carbocycles. The molecule has 0 aliphatic carbocycles. The molecule has 0 radical (unpaired) electrons. The number of aromatic nitrogens is 2. The van der Waals surface area contributed by atoms with Crippen molar-refractivity contribution >= 4 is 22.9 Å². The number of imidazole rings is 1. The van der Waals surface area contributed by atoms with E-state index in [1.165, 1.54) is 11.6 Å². The molecule has 2 rings (SSSR count). The van der Waals surface area contributed by atoms with Crippen molar-refractivity contribution in [1.82, 2.24) is 14.9 Å². The average Bonchev–Trinajstić information content (AvgIpc) is 2.63. The maximum Gasteiger partial charge on any atom is 0.221 e. The van der Waals surface area contributed by atoms with Crippen LogP contribution in [0.25, 0.3) is 11.0 Å². The van der Waals surface area contributed by atoms with Gasteiger partial charge in [0.1, 0.15) is 11.3 Å². The van der Waals surface area contributed by atoms with E-state index in [1.807, 2.05) is 0 Å². The largest absolute Gasteiger partial charge is 0.369 e. The second-order valence-corrected chi connectivity index (χ2v) is 3.80. The number of carbonyl (C=O) groups excluding carboxylic acids is 1. The topological polar surface area (TPSA) is 72.9 Å². The fraction of sp³-hybridized carbons (Fsp3) is 0.273. The van der Waals surface area contributed by atoms with Crippen LogP contribution in [0, 0.1) is 11.6 Å². The Morgan fingerprint density at radius 1 is 1.50 bits per heavy atom. The zero-order chi connectivity index (χ0) is 13.3. The number of carbonyl (C=O) groups is 1. The Hall–Kier alpha value is -2.18. The number of hydrogen-bond donors (Lipinski definition) is 2. The van der Waals surface area contributed by atoms with E-state index in [4.69, 9.17) is 5.73 Å². The van der Waals surface area contributed by atoms with Gasteiger partial charge in [-0.2, -0.15) is 0 Å². The first kappa shape index (κ1) is 12.3. The molecule has 5 nitrogen and oxygen atoms in total. The molecule has 96 valence electrons. The second-order valence-electron chi connectivity index (χ2n) is 3.80. The molecular formula is C11H12F2N4O. The molecule has 0 spiro atoms. The summed E-state index contributed by atoms with van der Waals surface area (Å²) in [7, 11) is 1.51. The Kier molecular flexibility index (Phi) is 3.14. The fourth-order valence-electron chi connectivity index (χ4n) is 1.74. The minimum Gasteiger partial charge on any atom is -0.369 e. The van der Waals surface area contributed by atoms with Crippen LogP contribution in [-0.2, 0) is 11.3 Å². The van der Waals surface area contributed by atoms with Gasteiger partial charge in [0.05, 0.1) is 5.52 Å². The van der Waals surface area contributed by atoms with Crippen LogP contribution in [0.5, 0.6) is 0 Å². The molecule has 2 aromatic rings. The quantitative estimate of drug-likeness (QED) is 0.859. The molecule has 0 saturated heterocycles. The van der Waals surface area contributed by atoms with E-state index in [-0.39, 0.29) is 35.9 Å². The monoisotopic (exact) mass is 254 g/mol. The summed E-state index contributed by atoms with van der Waals surface area (Å²) in [6, 6.07) is 1.89. The zero-order valence-corrected chi connectivity index (χ0v) is 9.70. The molecule has 7 heteroatoms. The number of fused-ring (bicyclic) bond motifs is 1. The molecule has 18 heavy (non-hydrogen) atoms. The highest BCUT2D eigenvalue weighted by Crippen LogP contribution is 2.22. The van der Waals surface area contributed by atoms with Gasteiger partial charge in [0, 0.05) is 32.1 Å². The first-order chi connectivity index (χ1) is 8.52. The Morgan fingerprint density at radius 2 is 2.22 bits per heavy atom. The van der Waals surface area contributed by atoms with Crippen molar-refractivity contribution in [2.45, 2.75) is 13.0 Å². The van der Waals surface area contributed by atoms with E-state index in [0.717, 1.165) is 12.1 Å². The second kappa shape index (κ2) is 4.59. The highest BCUT2D eigenvalue weighted by molar-refractivity contribution is 5.80. The maximum absolute atomic E-state index is 13.5. The summed E-state index contributed by atoms with van der Waals surface area (Å²) >= 11 is 0. The molecule has 0 unspecified atom stereocenters. The summed E-state index contributed by atoms with van der Waals surface area (Å²) in [5, 5.41) is 2.46. The highest BCUT2D eigenvalue weighted by Gasteiger charge is 2.14. The molecule has 0 aliphatic rings. The lowest BCUT2D eigenvalue weighted by Gasteiger charge is -2.05. The van der Waals surface area contributed by atoms with Gasteiger partial charge in [-0.05, 0) is 0 Å². The van der Waals surface area contributed by atoms with Gasteiger partial charge < -0.3 is 15.6 Å². The fourth-order valence-corrected chi connectivity index (χ4v) is 1.74. The minimum atomic E-state index is -0.768. The number of nitrogens with zero attached hydrogens (tertiary/aromatic N) is 2. The Morgan fingerprint density at radius 3 is 2.89 bits per heavy atom. The van der Waals surface area contributed by atoms with Crippen molar-refractivity contribution in [3.8, 4) is 0 Å². The third kappa shape index (κ3) is 2.11. The van der Waals surface area contributed by atoms with E-state index in [9.17, 15) is 13.6 Å². The van der Waals surface area contributed by atoms with E-state index < -0.39 is 11.6 Å². The zero-order valence-electron chi connectivity index (χ0n) is 9.70. The highest BCUT2D eigenvalue weighted by atomic mass is 19.1. The predicted molar refractivity (Wildman–Crippen MR) is 62.7 cm³/mol. The van der Waals surface area contributed by atoms with Gasteiger partial charge in [-0.25, -0.2) is 13.8 Å². The number of nitrogen functional groups attached to an aromatic ring is 1. The van der Waals surface area contributed by atoms with Gasteiger partial charge in [0.2, 0.25) is 11.9 Å². The Bertz CT molecular complexity index is 609. The van der Waals surface area contributed by atoms with Gasteiger partial charge in [-0.15, -0.1) is 0 Å². The van der Waals surface area contributed by atoms with Gasteiger partial charge >= 0.3 is 0 Å². The SMILES string of the molecule is CNC(=O)CCn1c(N)nc2c(F)cc(F)cc21. The van der Waals surface area contributed by atoms with Gasteiger partial charge in [-0.3, -0.25) is 4.79 Å². The van der Waals surface area contributed by atoms with E-state index >= 15 is 0 Å². The molecule has 0 atom stereocenters. The number of nitrogens with two attached hydrogens (primary N) is 1. The summed E-state index contributed by atoms with van der Waals surface area (Å²) < 4.78 is 28.0. The van der Waals surface area contributed by atoms with Crippen LogP contribution in [-0.4, -0.2) is 22.5 Å². The predicted octanol–water partition coefficient (Wildman–Crippen LogP) is 1.03. The molecule has 1 heterocycles. The molecule has 0 fully saturated rings. The number of halogens is 2. The number of amides is 1. The maximum atomic E-state index is 13.5. The lowest BCUT2D eigenvalue weighted by molar-refractivity contribution is -0.120. The molecule has 1 aromatic heterocycles. The number of rotatable bonds is 3. The van der Waals surface area contributed by atoms with Crippen molar-refractivity contribution in [3.05, 3.63) is 23.8 Å². The number of benzene rings is 1. The summed E-state index contributed by atoms with van der Waals surface area (Å²) in [5.41, 5.74) is 5.88. The molecule has 1 amide bonds. The van der Waals surface area contributed by atoms with Crippen LogP contribution >= 0.6 is 0 Å². The third-order valence-electron chi connectivity index (χ3n) is 2.64. The van der Waals surface area contributed by atoms with Crippen LogP contribution in [0.15, 0.2) is 12.1 Å². The first-order valence-corrected chi connectivity index (χ1v) is 5.34. The summed E-state index contributed by atoms with van der Waals surface area (Å²) in [6.45, 7) is 0.213. The van der Waals surface area contributed by atoms with E-state index in [0.29, 0.717) is 0 Å². The van der Waals surface area contributed by atoms with Gasteiger partial charge in [-0.1, -0.05) is 0 Å². The van der Waals surface area contributed by atoms with Crippen molar-refractivity contribution < 1.29 is 13.6 Å². The molecule has 1 aromatic carbocycles. The normalized spacial score (nSPS) is 10.8. The number of anilines is 1. The van der Waals surface area contributed by atoms with Gasteiger partial charge in [0.15, 0.2) is 5.82 Å². The Balaban J connectivity index is 2.43. The molecule has 0 bridgehead atoms. The first-order valence-electron chi connectivity index (χ1n) is 5.34. The molecule has 3 N–H and O–H groups in total. The van der Waals surface area contributed by atoms with Crippen molar-refractivity contribution in [3.63, 3.8) is 0 Å². The number of hydrogen-bond acceptors (Lipinski definition) is 3. The van der Waals surface area contributed by atoms with Crippen molar-refractivity contribution in [2.24, 2.45) is 0 Å². The van der Waals surface area contributed by atoms with E-state index in [1.54, 1.807) is 0 Å². The van der Waals surface area contributed by atoms with Crippen molar-refractivity contribution in [2.75, 3.05) is 12.8 Å². The average molecular weight is 254 g/mol. The van der Waals surface area contributed by atoms with Crippen molar-refractivity contribution in [1.29, 1.82) is 0 Å². The van der Waals surface area contributed by atoms with Crippen LogP contribution in [0.3, 0.4) is 0 Å².